The first-order chi connectivity index (χ1) is 8.16. The van der Waals surface area contributed by atoms with Crippen LogP contribution in [0.15, 0.2) is 12.1 Å². The summed E-state index contributed by atoms with van der Waals surface area (Å²) in [6.45, 7) is 2.56. The van der Waals surface area contributed by atoms with E-state index in [1.807, 2.05) is 0 Å². The maximum atomic E-state index is 12.0. The van der Waals surface area contributed by atoms with Gasteiger partial charge in [0.25, 0.3) is 0 Å². The third-order valence-corrected chi connectivity index (χ3v) is 5.89. The summed E-state index contributed by atoms with van der Waals surface area (Å²) < 4.78 is 24.0. The number of benzene rings is 1. The van der Waals surface area contributed by atoms with Gasteiger partial charge in [0, 0.05) is 10.6 Å². The number of Topliss-reactive ketones (excluding diaryl/α,β-unsaturated/α-hetero) is 1. The van der Waals surface area contributed by atoms with Crippen molar-refractivity contribution in [3.63, 3.8) is 0 Å². The van der Waals surface area contributed by atoms with Crippen LogP contribution in [0.1, 0.15) is 19.4 Å². The van der Waals surface area contributed by atoms with Crippen molar-refractivity contribution in [1.82, 2.24) is 0 Å². The summed E-state index contributed by atoms with van der Waals surface area (Å²) in [6, 6.07) is 2.95. The highest BCUT2D eigenvalue weighted by molar-refractivity contribution is 7.92. The summed E-state index contributed by atoms with van der Waals surface area (Å²) in [6.07, 6.45) is 0. The standard InChI is InChI=1S/C11H11Cl3O3S/c1-6(15)7(2)18(16,17)5-8-9(12)3-4-10(13)11(8)14/h3-4,7H,5H2,1-2H3. The van der Waals surface area contributed by atoms with E-state index in [4.69, 9.17) is 34.8 Å². The van der Waals surface area contributed by atoms with Gasteiger partial charge in [-0.3, -0.25) is 4.79 Å². The van der Waals surface area contributed by atoms with Crippen LogP contribution < -0.4 is 0 Å². The molecule has 0 bridgehead atoms. The molecular formula is C11H11Cl3O3S. The second-order valence-corrected chi connectivity index (χ2v) is 7.40. The Balaban J connectivity index is 3.20. The maximum absolute atomic E-state index is 12.0. The van der Waals surface area contributed by atoms with E-state index in [0.29, 0.717) is 0 Å². The van der Waals surface area contributed by atoms with E-state index in [1.165, 1.54) is 26.0 Å². The summed E-state index contributed by atoms with van der Waals surface area (Å²) in [5.41, 5.74) is 0.221. The van der Waals surface area contributed by atoms with Gasteiger partial charge in [-0.1, -0.05) is 34.8 Å². The lowest BCUT2D eigenvalue weighted by molar-refractivity contribution is -0.116. The number of rotatable bonds is 4. The zero-order chi connectivity index (χ0) is 14.1. The Kier molecular flexibility index (Phi) is 5.06. The Morgan fingerprint density at radius 1 is 1.22 bits per heavy atom. The molecule has 0 aliphatic rings. The van der Waals surface area contributed by atoms with Crippen molar-refractivity contribution in [2.45, 2.75) is 24.9 Å². The molecule has 0 fully saturated rings. The van der Waals surface area contributed by atoms with Gasteiger partial charge in [0.05, 0.1) is 15.8 Å². The minimum atomic E-state index is -3.65. The van der Waals surface area contributed by atoms with Crippen molar-refractivity contribution in [3.05, 3.63) is 32.8 Å². The van der Waals surface area contributed by atoms with Crippen LogP contribution in [-0.2, 0) is 20.4 Å². The fourth-order valence-corrected chi connectivity index (χ4v) is 3.58. The quantitative estimate of drug-likeness (QED) is 0.794. The molecule has 0 aromatic heterocycles. The average Bonchev–Trinajstić information content (AvgIpc) is 2.28. The van der Waals surface area contributed by atoms with E-state index in [0.717, 1.165) is 0 Å². The predicted octanol–water partition coefficient (Wildman–Crippen LogP) is 3.54. The van der Waals surface area contributed by atoms with E-state index in [-0.39, 0.29) is 20.6 Å². The Hall–Kier alpha value is -0.290. The third-order valence-electron chi connectivity index (χ3n) is 2.60. The first kappa shape index (κ1) is 15.8. The van der Waals surface area contributed by atoms with Gasteiger partial charge in [0.15, 0.2) is 9.84 Å². The molecular weight excluding hydrogens is 319 g/mol. The highest BCUT2D eigenvalue weighted by atomic mass is 35.5. The van der Waals surface area contributed by atoms with Crippen molar-refractivity contribution in [1.29, 1.82) is 0 Å². The van der Waals surface area contributed by atoms with Gasteiger partial charge in [0.1, 0.15) is 11.0 Å². The van der Waals surface area contributed by atoms with Gasteiger partial charge in [-0.05, 0) is 26.0 Å². The van der Waals surface area contributed by atoms with E-state index in [1.54, 1.807) is 0 Å². The normalized spacial score (nSPS) is 13.4. The van der Waals surface area contributed by atoms with Gasteiger partial charge in [-0.25, -0.2) is 8.42 Å². The number of carbonyl (C=O) groups is 1. The molecule has 0 amide bonds. The van der Waals surface area contributed by atoms with Gasteiger partial charge in [-0.2, -0.15) is 0 Å². The zero-order valence-corrected chi connectivity index (χ0v) is 12.8. The molecule has 3 nitrogen and oxygen atoms in total. The van der Waals surface area contributed by atoms with Crippen molar-refractivity contribution < 1.29 is 13.2 Å². The molecule has 1 rings (SSSR count). The van der Waals surface area contributed by atoms with Crippen molar-refractivity contribution >= 4 is 50.4 Å². The monoisotopic (exact) mass is 328 g/mol. The van der Waals surface area contributed by atoms with Crippen molar-refractivity contribution in [3.8, 4) is 0 Å². The van der Waals surface area contributed by atoms with Crippen LogP contribution in [0.2, 0.25) is 15.1 Å². The number of hydrogen-bond acceptors (Lipinski definition) is 3. The lowest BCUT2D eigenvalue weighted by atomic mass is 10.2. The molecule has 0 radical (unpaired) electrons. The minimum Gasteiger partial charge on any atom is -0.299 e. The highest BCUT2D eigenvalue weighted by Gasteiger charge is 2.27. The second-order valence-electron chi connectivity index (χ2n) is 3.88. The van der Waals surface area contributed by atoms with Crippen molar-refractivity contribution in [2.75, 3.05) is 0 Å². The predicted molar refractivity (Wildman–Crippen MR) is 74.2 cm³/mol. The van der Waals surface area contributed by atoms with Crippen LogP contribution in [0, 0.1) is 0 Å². The minimum absolute atomic E-state index is 0.100. The molecule has 0 saturated carbocycles. The van der Waals surface area contributed by atoms with Crippen LogP contribution in [0.5, 0.6) is 0 Å². The number of halogens is 3. The van der Waals surface area contributed by atoms with E-state index in [9.17, 15) is 13.2 Å². The Morgan fingerprint density at radius 3 is 2.22 bits per heavy atom. The Bertz CT molecular complexity index is 581. The Morgan fingerprint density at radius 2 is 1.72 bits per heavy atom. The van der Waals surface area contributed by atoms with Crippen LogP contribution in [0.3, 0.4) is 0 Å². The molecule has 0 heterocycles. The molecule has 7 heteroatoms. The van der Waals surface area contributed by atoms with E-state index < -0.39 is 26.6 Å². The highest BCUT2D eigenvalue weighted by Crippen LogP contribution is 2.33. The van der Waals surface area contributed by atoms with Gasteiger partial charge in [-0.15, -0.1) is 0 Å². The summed E-state index contributed by atoms with van der Waals surface area (Å²) in [5.74, 6) is -0.837. The first-order valence-corrected chi connectivity index (χ1v) is 7.86. The van der Waals surface area contributed by atoms with E-state index >= 15 is 0 Å². The second kappa shape index (κ2) is 5.78. The molecule has 1 atom stereocenters. The fourth-order valence-electron chi connectivity index (χ4n) is 1.28. The molecule has 0 spiro atoms. The smallest absolute Gasteiger partial charge is 0.164 e. The molecule has 0 N–H and O–H groups in total. The number of sulfone groups is 1. The molecule has 100 valence electrons. The summed E-state index contributed by atoms with van der Waals surface area (Å²) in [4.78, 5) is 11.1. The van der Waals surface area contributed by atoms with Gasteiger partial charge in [0.2, 0.25) is 0 Å². The lowest BCUT2D eigenvalue weighted by Gasteiger charge is -2.12. The fraction of sp³-hybridized carbons (Fsp3) is 0.364. The van der Waals surface area contributed by atoms with Crippen molar-refractivity contribution in [2.24, 2.45) is 0 Å². The Labute approximate surface area is 121 Å². The summed E-state index contributed by atoms with van der Waals surface area (Å²) in [5, 5.41) is -0.558. The van der Waals surface area contributed by atoms with Crippen LogP contribution in [-0.4, -0.2) is 19.5 Å². The molecule has 0 aliphatic heterocycles. The lowest BCUT2D eigenvalue weighted by Crippen LogP contribution is -2.26. The van der Waals surface area contributed by atoms with Crippen LogP contribution >= 0.6 is 34.8 Å². The molecule has 1 aromatic rings. The average molecular weight is 330 g/mol. The topological polar surface area (TPSA) is 51.2 Å². The summed E-state index contributed by atoms with van der Waals surface area (Å²) >= 11 is 17.6. The molecule has 0 aliphatic carbocycles. The van der Waals surface area contributed by atoms with Crippen LogP contribution in [0.4, 0.5) is 0 Å². The number of ketones is 1. The largest absolute Gasteiger partial charge is 0.299 e. The molecule has 18 heavy (non-hydrogen) atoms. The molecule has 0 saturated heterocycles. The third kappa shape index (κ3) is 3.38. The molecule has 1 aromatic carbocycles. The zero-order valence-electron chi connectivity index (χ0n) is 9.71. The number of carbonyl (C=O) groups excluding carboxylic acids is 1. The van der Waals surface area contributed by atoms with Gasteiger partial charge < -0.3 is 0 Å². The SMILES string of the molecule is CC(=O)C(C)S(=O)(=O)Cc1c(Cl)ccc(Cl)c1Cl. The summed E-state index contributed by atoms with van der Waals surface area (Å²) in [7, 11) is -3.65. The first-order valence-electron chi connectivity index (χ1n) is 5.01. The van der Waals surface area contributed by atoms with E-state index in [2.05, 4.69) is 0 Å². The van der Waals surface area contributed by atoms with Crippen LogP contribution in [0.25, 0.3) is 0 Å². The molecule has 1 unspecified atom stereocenters. The number of hydrogen-bond donors (Lipinski definition) is 0. The maximum Gasteiger partial charge on any atom is 0.164 e. The van der Waals surface area contributed by atoms with Gasteiger partial charge >= 0.3 is 0 Å².